The maximum atomic E-state index is 3.79. The van der Waals surface area contributed by atoms with Crippen molar-refractivity contribution in [2.24, 2.45) is 5.92 Å². The lowest BCUT2D eigenvalue weighted by molar-refractivity contribution is 0.245. The Balaban J connectivity index is 1.36. The summed E-state index contributed by atoms with van der Waals surface area (Å²) in [4.78, 5) is 2.63. The highest BCUT2D eigenvalue weighted by Gasteiger charge is 2.30. The Hall–Kier alpha value is -0.860. The Morgan fingerprint density at radius 3 is 2.62 bits per heavy atom. The first-order valence-electron chi connectivity index (χ1n) is 8.73. The molecule has 1 saturated carbocycles. The van der Waals surface area contributed by atoms with Gasteiger partial charge in [-0.15, -0.1) is 0 Å². The molecule has 2 fully saturated rings. The molecule has 3 rings (SSSR count). The highest BCUT2D eigenvalue weighted by molar-refractivity contribution is 5.31. The molecule has 2 heteroatoms. The van der Waals surface area contributed by atoms with Crippen LogP contribution in [0, 0.1) is 12.8 Å². The van der Waals surface area contributed by atoms with Gasteiger partial charge in [0.15, 0.2) is 0 Å². The third-order valence-electron chi connectivity index (χ3n) is 5.29. The smallest absolute Gasteiger partial charge is 0.00788 e. The summed E-state index contributed by atoms with van der Waals surface area (Å²) in [6.45, 7) is 9.74. The van der Waals surface area contributed by atoms with Crippen molar-refractivity contribution in [2.45, 2.75) is 51.5 Å². The minimum Gasteiger partial charge on any atom is -0.314 e. The molecular weight excluding hydrogens is 256 g/mol. The number of hydrogen-bond acceptors (Lipinski definition) is 2. The Morgan fingerprint density at radius 1 is 1.19 bits per heavy atom. The molecule has 2 nitrogen and oxygen atoms in total. The minimum absolute atomic E-state index is 0.746. The molecule has 1 unspecified atom stereocenters. The Morgan fingerprint density at radius 2 is 1.90 bits per heavy atom. The molecule has 0 bridgehead atoms. The summed E-state index contributed by atoms with van der Waals surface area (Å²) in [5, 5.41) is 3.79. The molecule has 0 spiro atoms. The lowest BCUT2D eigenvalue weighted by Gasteiger charge is -2.38. The molecule has 1 heterocycles. The highest BCUT2D eigenvalue weighted by atomic mass is 15.1. The third-order valence-corrected chi connectivity index (χ3v) is 5.29. The molecule has 2 aliphatic rings. The number of benzene rings is 1. The third kappa shape index (κ3) is 3.87. The number of aryl methyl sites for hydroxylation is 1. The van der Waals surface area contributed by atoms with E-state index in [9.17, 15) is 0 Å². The molecule has 0 radical (unpaired) electrons. The van der Waals surface area contributed by atoms with E-state index in [-0.39, 0.29) is 0 Å². The first kappa shape index (κ1) is 15.1. The zero-order valence-corrected chi connectivity index (χ0v) is 13.6. The summed E-state index contributed by atoms with van der Waals surface area (Å²) in [6, 6.07) is 9.63. The van der Waals surface area contributed by atoms with Crippen LogP contribution in [0.4, 0.5) is 0 Å². The van der Waals surface area contributed by atoms with Crippen LogP contribution in [0.5, 0.6) is 0 Å². The fourth-order valence-corrected chi connectivity index (χ4v) is 3.92. The molecule has 1 aliphatic carbocycles. The zero-order chi connectivity index (χ0) is 14.7. The van der Waals surface area contributed by atoms with Crippen molar-refractivity contribution in [2.75, 3.05) is 26.2 Å². The standard InChI is InChI=1S/C19H30N2/c1-15(14-21-9-5-6-10-21)13-20-18-11-17(12-18)19-8-4-3-7-16(19)2/h3-4,7-8,15,17-18,20H,5-6,9-14H2,1-2H3. The van der Waals surface area contributed by atoms with Crippen LogP contribution < -0.4 is 5.32 Å². The van der Waals surface area contributed by atoms with Gasteiger partial charge in [0.05, 0.1) is 0 Å². The first-order valence-corrected chi connectivity index (χ1v) is 8.73. The van der Waals surface area contributed by atoms with E-state index in [0.29, 0.717) is 0 Å². The Bertz CT molecular complexity index is 445. The molecular formula is C19H30N2. The first-order chi connectivity index (χ1) is 10.2. The van der Waals surface area contributed by atoms with Crippen LogP contribution in [-0.2, 0) is 0 Å². The fourth-order valence-electron chi connectivity index (χ4n) is 3.92. The summed E-state index contributed by atoms with van der Waals surface area (Å²) < 4.78 is 0. The van der Waals surface area contributed by atoms with E-state index in [4.69, 9.17) is 0 Å². The van der Waals surface area contributed by atoms with Crippen LogP contribution in [0.25, 0.3) is 0 Å². The van der Waals surface area contributed by atoms with Gasteiger partial charge < -0.3 is 10.2 Å². The number of nitrogens with one attached hydrogen (secondary N) is 1. The van der Waals surface area contributed by atoms with Crippen molar-refractivity contribution < 1.29 is 0 Å². The minimum atomic E-state index is 0.746. The monoisotopic (exact) mass is 286 g/mol. The van der Waals surface area contributed by atoms with E-state index >= 15 is 0 Å². The van der Waals surface area contributed by atoms with Crippen LogP contribution in [-0.4, -0.2) is 37.1 Å². The van der Waals surface area contributed by atoms with E-state index < -0.39 is 0 Å². The van der Waals surface area contributed by atoms with E-state index in [0.717, 1.165) is 17.9 Å². The second kappa shape index (κ2) is 6.93. The van der Waals surface area contributed by atoms with Gasteiger partial charge in [0.25, 0.3) is 0 Å². The normalized spacial score (nSPS) is 27.5. The SMILES string of the molecule is Cc1ccccc1C1CC(NCC(C)CN2CCCC2)C1. The van der Waals surface area contributed by atoms with Gasteiger partial charge in [-0.1, -0.05) is 31.2 Å². The highest BCUT2D eigenvalue weighted by Crippen LogP contribution is 2.38. The topological polar surface area (TPSA) is 15.3 Å². The van der Waals surface area contributed by atoms with Gasteiger partial charge in [-0.25, -0.2) is 0 Å². The average Bonchev–Trinajstić information content (AvgIpc) is 2.91. The molecule has 1 atom stereocenters. The van der Waals surface area contributed by atoms with E-state index in [2.05, 4.69) is 48.3 Å². The maximum absolute atomic E-state index is 3.79. The lowest BCUT2D eigenvalue weighted by atomic mass is 9.74. The Kier molecular flexibility index (Phi) is 4.97. The van der Waals surface area contributed by atoms with Crippen molar-refractivity contribution in [3.63, 3.8) is 0 Å². The molecule has 1 aromatic rings. The summed E-state index contributed by atoms with van der Waals surface area (Å²) in [7, 11) is 0. The van der Waals surface area contributed by atoms with Crippen molar-refractivity contribution in [3.8, 4) is 0 Å². The van der Waals surface area contributed by atoms with Crippen molar-refractivity contribution >= 4 is 0 Å². The molecule has 116 valence electrons. The lowest BCUT2D eigenvalue weighted by Crippen LogP contribution is -2.43. The van der Waals surface area contributed by atoms with Crippen LogP contribution in [0.15, 0.2) is 24.3 Å². The molecule has 1 N–H and O–H groups in total. The van der Waals surface area contributed by atoms with Gasteiger partial charge in [0.1, 0.15) is 0 Å². The van der Waals surface area contributed by atoms with Crippen molar-refractivity contribution in [1.82, 2.24) is 10.2 Å². The van der Waals surface area contributed by atoms with Gasteiger partial charge in [-0.3, -0.25) is 0 Å². The fraction of sp³-hybridized carbons (Fsp3) is 0.684. The maximum Gasteiger partial charge on any atom is 0.00788 e. The van der Waals surface area contributed by atoms with Crippen molar-refractivity contribution in [1.29, 1.82) is 0 Å². The van der Waals surface area contributed by atoms with Gasteiger partial charge in [0.2, 0.25) is 0 Å². The van der Waals surface area contributed by atoms with Gasteiger partial charge in [-0.2, -0.15) is 0 Å². The average molecular weight is 286 g/mol. The van der Waals surface area contributed by atoms with Crippen LogP contribution >= 0.6 is 0 Å². The molecule has 21 heavy (non-hydrogen) atoms. The summed E-state index contributed by atoms with van der Waals surface area (Å²) >= 11 is 0. The van der Waals surface area contributed by atoms with E-state index in [1.54, 1.807) is 5.56 Å². The predicted molar refractivity (Wildman–Crippen MR) is 89.8 cm³/mol. The number of nitrogens with zero attached hydrogens (tertiary/aromatic N) is 1. The van der Waals surface area contributed by atoms with Gasteiger partial charge in [0, 0.05) is 12.6 Å². The zero-order valence-electron chi connectivity index (χ0n) is 13.6. The summed E-state index contributed by atoms with van der Waals surface area (Å²) in [6.07, 6.45) is 5.45. The van der Waals surface area contributed by atoms with Crippen molar-refractivity contribution in [3.05, 3.63) is 35.4 Å². The molecule has 1 aliphatic heterocycles. The Labute approximate surface area is 129 Å². The second-order valence-electron chi connectivity index (χ2n) is 7.24. The van der Waals surface area contributed by atoms with Crippen LogP contribution in [0.1, 0.15) is 49.7 Å². The number of rotatable bonds is 6. The second-order valence-corrected chi connectivity index (χ2v) is 7.24. The number of likely N-dealkylation sites (tertiary alicyclic amines) is 1. The molecule has 1 aromatic carbocycles. The molecule has 0 aromatic heterocycles. The van der Waals surface area contributed by atoms with E-state index in [1.807, 2.05) is 0 Å². The molecule has 1 saturated heterocycles. The largest absolute Gasteiger partial charge is 0.314 e. The molecule has 0 amide bonds. The summed E-state index contributed by atoms with van der Waals surface area (Å²) in [5.74, 6) is 1.57. The van der Waals surface area contributed by atoms with Crippen LogP contribution in [0.3, 0.4) is 0 Å². The van der Waals surface area contributed by atoms with Gasteiger partial charge >= 0.3 is 0 Å². The van der Waals surface area contributed by atoms with Gasteiger partial charge in [-0.05, 0) is 75.2 Å². The predicted octanol–water partition coefficient (Wildman–Crippen LogP) is 3.56. The van der Waals surface area contributed by atoms with E-state index in [1.165, 1.54) is 57.4 Å². The number of hydrogen-bond donors (Lipinski definition) is 1. The van der Waals surface area contributed by atoms with Crippen LogP contribution in [0.2, 0.25) is 0 Å². The summed E-state index contributed by atoms with van der Waals surface area (Å²) in [5.41, 5.74) is 3.03. The quantitative estimate of drug-likeness (QED) is 0.860.